The monoisotopic (exact) mass is 172 g/mol. The average molecular weight is 172 g/mol. The number of rotatable bonds is 6. The second-order valence-electron chi connectivity index (χ2n) is 3.24. The van der Waals surface area contributed by atoms with Crippen LogP contribution in [0.15, 0.2) is 0 Å². The van der Waals surface area contributed by atoms with Crippen LogP contribution in [0.3, 0.4) is 0 Å². The molecule has 12 heavy (non-hydrogen) atoms. The first-order chi connectivity index (χ1) is 5.66. The third-order valence-corrected chi connectivity index (χ3v) is 1.63. The van der Waals surface area contributed by atoms with E-state index in [1.165, 1.54) is 0 Å². The molecule has 72 valence electrons. The maximum atomic E-state index is 11.1. The maximum absolute atomic E-state index is 11.1. The van der Waals surface area contributed by atoms with Crippen molar-refractivity contribution in [3.8, 4) is 0 Å². The van der Waals surface area contributed by atoms with Crippen molar-refractivity contribution in [3.63, 3.8) is 0 Å². The quantitative estimate of drug-likeness (QED) is 0.588. The average Bonchev–Trinajstić information content (AvgIpc) is 2.01. The second kappa shape index (κ2) is 7.10. The summed E-state index contributed by atoms with van der Waals surface area (Å²) in [6.45, 7) is 4.59. The van der Waals surface area contributed by atoms with Gasteiger partial charge in [0.1, 0.15) is 0 Å². The fourth-order valence-electron chi connectivity index (χ4n) is 0.899. The molecule has 0 aliphatic rings. The fourth-order valence-corrected chi connectivity index (χ4v) is 0.899. The molecule has 1 unspecified atom stereocenters. The molecule has 0 spiro atoms. The van der Waals surface area contributed by atoms with Crippen molar-refractivity contribution in [2.45, 2.75) is 45.6 Å². The normalized spacial score (nSPS) is 12.6. The molecule has 3 heteroatoms. The summed E-state index contributed by atoms with van der Waals surface area (Å²) in [6, 6.07) is 0.0557. The minimum atomic E-state index is 0.0557. The minimum absolute atomic E-state index is 0.0557. The maximum Gasteiger partial charge on any atom is 0.220 e. The first-order valence-corrected chi connectivity index (χ1v) is 4.69. The van der Waals surface area contributed by atoms with Gasteiger partial charge in [-0.1, -0.05) is 19.8 Å². The van der Waals surface area contributed by atoms with Gasteiger partial charge in [0.2, 0.25) is 5.91 Å². The first-order valence-electron chi connectivity index (χ1n) is 4.69. The summed E-state index contributed by atoms with van der Waals surface area (Å²) >= 11 is 0. The van der Waals surface area contributed by atoms with Crippen LogP contribution in [0, 0.1) is 0 Å². The van der Waals surface area contributed by atoms with Crippen LogP contribution in [0.1, 0.15) is 39.5 Å². The van der Waals surface area contributed by atoms with Gasteiger partial charge in [-0.15, -0.1) is 0 Å². The van der Waals surface area contributed by atoms with E-state index < -0.39 is 0 Å². The lowest BCUT2D eigenvalue weighted by atomic mass is 10.2. The molecular weight excluding hydrogens is 152 g/mol. The molecular formula is C9H20N2O. The van der Waals surface area contributed by atoms with Crippen LogP contribution in [0.25, 0.3) is 0 Å². The lowest BCUT2D eigenvalue weighted by molar-refractivity contribution is -0.121. The van der Waals surface area contributed by atoms with E-state index in [1.807, 2.05) is 6.92 Å². The van der Waals surface area contributed by atoms with Crippen molar-refractivity contribution in [2.24, 2.45) is 5.73 Å². The molecule has 0 aromatic heterocycles. The standard InChI is InChI=1S/C9H20N2O/c1-3-4-5-6-9(12)11-7-8(2)10/h8H,3-7,10H2,1-2H3,(H,11,12). The van der Waals surface area contributed by atoms with Gasteiger partial charge in [0.15, 0.2) is 0 Å². The molecule has 0 rings (SSSR count). The van der Waals surface area contributed by atoms with E-state index in [9.17, 15) is 4.79 Å². The van der Waals surface area contributed by atoms with Crippen molar-refractivity contribution in [3.05, 3.63) is 0 Å². The van der Waals surface area contributed by atoms with Crippen molar-refractivity contribution in [1.29, 1.82) is 0 Å². The number of unbranched alkanes of at least 4 members (excludes halogenated alkanes) is 2. The van der Waals surface area contributed by atoms with Crippen LogP contribution < -0.4 is 11.1 Å². The number of nitrogens with one attached hydrogen (secondary N) is 1. The van der Waals surface area contributed by atoms with Crippen LogP contribution in [-0.4, -0.2) is 18.5 Å². The summed E-state index contributed by atoms with van der Waals surface area (Å²) in [5.74, 6) is 0.126. The van der Waals surface area contributed by atoms with Crippen LogP contribution in [-0.2, 0) is 4.79 Å². The van der Waals surface area contributed by atoms with Gasteiger partial charge in [-0.25, -0.2) is 0 Å². The Morgan fingerprint density at radius 2 is 2.17 bits per heavy atom. The Morgan fingerprint density at radius 3 is 2.67 bits per heavy atom. The Labute approximate surface area is 74.7 Å². The topological polar surface area (TPSA) is 55.1 Å². The molecule has 0 saturated carbocycles. The Balaban J connectivity index is 3.22. The number of hydrogen-bond acceptors (Lipinski definition) is 2. The van der Waals surface area contributed by atoms with Crippen LogP contribution in [0.5, 0.6) is 0 Å². The zero-order valence-electron chi connectivity index (χ0n) is 8.10. The number of hydrogen-bond donors (Lipinski definition) is 2. The summed E-state index contributed by atoms with van der Waals surface area (Å²) in [6.07, 6.45) is 3.91. The summed E-state index contributed by atoms with van der Waals surface area (Å²) in [4.78, 5) is 11.1. The second-order valence-corrected chi connectivity index (χ2v) is 3.24. The van der Waals surface area contributed by atoms with Crippen LogP contribution in [0.2, 0.25) is 0 Å². The van der Waals surface area contributed by atoms with E-state index in [0.29, 0.717) is 13.0 Å². The molecule has 0 radical (unpaired) electrons. The highest BCUT2D eigenvalue weighted by atomic mass is 16.1. The molecule has 0 heterocycles. The highest BCUT2D eigenvalue weighted by Gasteiger charge is 2.00. The van der Waals surface area contributed by atoms with E-state index in [4.69, 9.17) is 5.73 Å². The molecule has 1 atom stereocenters. The van der Waals surface area contributed by atoms with E-state index >= 15 is 0 Å². The molecule has 0 bridgehead atoms. The lowest BCUT2D eigenvalue weighted by Gasteiger charge is -2.06. The lowest BCUT2D eigenvalue weighted by Crippen LogP contribution is -2.34. The van der Waals surface area contributed by atoms with Gasteiger partial charge in [0, 0.05) is 19.0 Å². The zero-order chi connectivity index (χ0) is 9.40. The summed E-state index contributed by atoms with van der Waals surface area (Å²) in [7, 11) is 0. The molecule has 0 aromatic rings. The predicted molar refractivity (Wildman–Crippen MR) is 50.8 cm³/mol. The predicted octanol–water partition coefficient (Wildman–Crippen LogP) is 1.03. The minimum Gasteiger partial charge on any atom is -0.355 e. The molecule has 0 fully saturated rings. The Morgan fingerprint density at radius 1 is 1.50 bits per heavy atom. The van der Waals surface area contributed by atoms with Crippen LogP contribution in [0.4, 0.5) is 0 Å². The molecule has 3 nitrogen and oxygen atoms in total. The third-order valence-electron chi connectivity index (χ3n) is 1.63. The van der Waals surface area contributed by atoms with Gasteiger partial charge >= 0.3 is 0 Å². The zero-order valence-corrected chi connectivity index (χ0v) is 8.10. The number of carbonyl (C=O) groups excluding carboxylic acids is 1. The highest BCUT2D eigenvalue weighted by Crippen LogP contribution is 1.97. The molecule has 1 amide bonds. The van der Waals surface area contributed by atoms with Gasteiger partial charge in [0.05, 0.1) is 0 Å². The molecule has 3 N–H and O–H groups in total. The first kappa shape index (κ1) is 11.4. The third kappa shape index (κ3) is 7.54. The van der Waals surface area contributed by atoms with E-state index in [2.05, 4.69) is 12.2 Å². The Hall–Kier alpha value is -0.570. The summed E-state index contributed by atoms with van der Waals surface area (Å²) < 4.78 is 0. The van der Waals surface area contributed by atoms with Gasteiger partial charge in [-0.3, -0.25) is 4.79 Å². The number of carbonyl (C=O) groups is 1. The van der Waals surface area contributed by atoms with Crippen molar-refractivity contribution in [2.75, 3.05) is 6.54 Å². The van der Waals surface area contributed by atoms with E-state index in [-0.39, 0.29) is 11.9 Å². The van der Waals surface area contributed by atoms with E-state index in [1.54, 1.807) is 0 Å². The Kier molecular flexibility index (Phi) is 6.76. The molecule has 0 saturated heterocycles. The SMILES string of the molecule is CCCCCC(=O)NCC(C)N. The van der Waals surface area contributed by atoms with Gasteiger partial charge < -0.3 is 11.1 Å². The van der Waals surface area contributed by atoms with Crippen molar-refractivity contribution >= 4 is 5.91 Å². The van der Waals surface area contributed by atoms with E-state index in [0.717, 1.165) is 19.3 Å². The molecule has 0 aliphatic heterocycles. The largest absolute Gasteiger partial charge is 0.355 e. The highest BCUT2D eigenvalue weighted by molar-refractivity contribution is 5.75. The summed E-state index contributed by atoms with van der Waals surface area (Å²) in [5, 5.41) is 2.78. The number of nitrogens with two attached hydrogens (primary N) is 1. The van der Waals surface area contributed by atoms with Crippen molar-refractivity contribution < 1.29 is 4.79 Å². The van der Waals surface area contributed by atoms with Gasteiger partial charge in [-0.2, -0.15) is 0 Å². The Bertz CT molecular complexity index is 124. The molecule has 0 aliphatic carbocycles. The number of amides is 1. The van der Waals surface area contributed by atoms with Gasteiger partial charge in [0.25, 0.3) is 0 Å². The smallest absolute Gasteiger partial charge is 0.220 e. The fraction of sp³-hybridized carbons (Fsp3) is 0.889. The van der Waals surface area contributed by atoms with Gasteiger partial charge in [-0.05, 0) is 13.3 Å². The van der Waals surface area contributed by atoms with Crippen LogP contribution >= 0.6 is 0 Å². The summed E-state index contributed by atoms with van der Waals surface area (Å²) in [5.41, 5.74) is 5.48. The molecule has 0 aromatic carbocycles. The van der Waals surface area contributed by atoms with Crippen molar-refractivity contribution in [1.82, 2.24) is 5.32 Å².